The molecule has 0 unspecified atom stereocenters. The molecule has 1 heterocycles. The summed E-state index contributed by atoms with van der Waals surface area (Å²) in [5.41, 5.74) is 3.88. The molecular weight excluding hydrogens is 388 g/mol. The minimum atomic E-state index is 0.136. The summed E-state index contributed by atoms with van der Waals surface area (Å²) >= 11 is 0. The SMILES string of the molecule is O=C/C=C/c1ccc2c3c(ccc2c1)OCOc1ccc2cc(/C=C/C=O)ccc2c1-3. The van der Waals surface area contributed by atoms with Crippen LogP contribution < -0.4 is 9.47 Å². The maximum atomic E-state index is 10.7. The first-order valence-corrected chi connectivity index (χ1v) is 9.92. The molecule has 1 aliphatic rings. The van der Waals surface area contributed by atoms with Crippen LogP contribution in [-0.4, -0.2) is 19.4 Å². The Morgan fingerprint density at radius 3 is 1.55 bits per heavy atom. The van der Waals surface area contributed by atoms with Gasteiger partial charge in [0.1, 0.15) is 24.1 Å². The lowest BCUT2D eigenvalue weighted by Gasteiger charge is -2.14. The molecule has 0 bridgehead atoms. The van der Waals surface area contributed by atoms with E-state index < -0.39 is 0 Å². The fraction of sp³-hybridized carbons (Fsp3) is 0.0370. The summed E-state index contributed by atoms with van der Waals surface area (Å²) in [4.78, 5) is 21.4. The molecule has 1 aliphatic heterocycles. The maximum Gasteiger partial charge on any atom is 0.230 e. The molecule has 0 atom stereocenters. The van der Waals surface area contributed by atoms with Crippen molar-refractivity contribution < 1.29 is 19.1 Å². The molecule has 0 saturated heterocycles. The molecule has 0 saturated carbocycles. The third-order valence-electron chi connectivity index (χ3n) is 5.42. The van der Waals surface area contributed by atoms with Crippen molar-refractivity contribution in [2.75, 3.05) is 6.79 Å². The molecule has 0 aromatic heterocycles. The number of allylic oxidation sites excluding steroid dienone is 2. The number of benzene rings is 4. The second-order valence-electron chi connectivity index (χ2n) is 7.24. The van der Waals surface area contributed by atoms with Gasteiger partial charge >= 0.3 is 0 Å². The van der Waals surface area contributed by atoms with Crippen LogP contribution in [0, 0.1) is 0 Å². The molecule has 0 radical (unpaired) electrons. The predicted molar refractivity (Wildman–Crippen MR) is 123 cm³/mol. The molecule has 0 N–H and O–H groups in total. The molecule has 0 amide bonds. The van der Waals surface area contributed by atoms with Crippen LogP contribution in [0.25, 0.3) is 44.8 Å². The first-order valence-electron chi connectivity index (χ1n) is 9.92. The van der Waals surface area contributed by atoms with Gasteiger partial charge in [-0.2, -0.15) is 0 Å². The number of hydrogen-bond donors (Lipinski definition) is 0. The Morgan fingerprint density at radius 2 is 1.10 bits per heavy atom. The highest BCUT2D eigenvalue weighted by molar-refractivity contribution is 6.10. The average molecular weight is 406 g/mol. The molecule has 150 valence electrons. The summed E-state index contributed by atoms with van der Waals surface area (Å²) in [6.07, 6.45) is 8.09. The predicted octanol–water partition coefficient (Wildman–Crippen LogP) is 5.81. The fourth-order valence-electron chi connectivity index (χ4n) is 4.08. The zero-order valence-corrected chi connectivity index (χ0v) is 16.6. The zero-order chi connectivity index (χ0) is 21.2. The van der Waals surface area contributed by atoms with Crippen molar-refractivity contribution in [3.05, 3.63) is 83.9 Å². The monoisotopic (exact) mass is 406 g/mol. The van der Waals surface area contributed by atoms with Gasteiger partial charge in [0.05, 0.1) is 0 Å². The molecule has 4 nitrogen and oxygen atoms in total. The van der Waals surface area contributed by atoms with Crippen molar-refractivity contribution in [2.45, 2.75) is 0 Å². The van der Waals surface area contributed by atoms with E-state index in [-0.39, 0.29) is 6.79 Å². The van der Waals surface area contributed by atoms with Gasteiger partial charge in [0, 0.05) is 11.1 Å². The molecule has 5 rings (SSSR count). The number of carbonyl (C=O) groups is 2. The van der Waals surface area contributed by atoms with Crippen molar-refractivity contribution in [3.8, 4) is 22.6 Å². The van der Waals surface area contributed by atoms with Crippen LogP contribution in [0.1, 0.15) is 11.1 Å². The molecule has 4 heteroatoms. The highest BCUT2D eigenvalue weighted by Crippen LogP contribution is 2.47. The summed E-state index contributed by atoms with van der Waals surface area (Å²) in [6, 6.07) is 20.1. The van der Waals surface area contributed by atoms with E-state index in [1.165, 1.54) is 12.2 Å². The number of rotatable bonds is 4. The molecule has 4 aromatic rings. The van der Waals surface area contributed by atoms with Crippen LogP contribution in [0.4, 0.5) is 0 Å². The normalized spacial score (nSPS) is 12.9. The van der Waals surface area contributed by atoms with Gasteiger partial charge in [-0.05, 0) is 69.1 Å². The maximum absolute atomic E-state index is 10.7. The summed E-state index contributed by atoms with van der Waals surface area (Å²) in [7, 11) is 0. The molecule has 0 fully saturated rings. The largest absolute Gasteiger partial charge is 0.457 e. The first kappa shape index (κ1) is 18.8. The topological polar surface area (TPSA) is 52.6 Å². The first-order chi connectivity index (χ1) is 15.3. The van der Waals surface area contributed by atoms with E-state index in [0.717, 1.165) is 67.9 Å². The van der Waals surface area contributed by atoms with Crippen LogP contribution in [0.2, 0.25) is 0 Å². The Kier molecular flexibility index (Phi) is 4.81. The standard InChI is InChI=1S/C27H18O4/c28-13-1-3-18-5-9-22-20(15-18)7-11-24-26(22)27-23-10-6-19(4-2-14-29)16-21(23)8-12-25(27)31-17-30-24/h1-16H,17H2/b3-1+,4-2+. The van der Waals surface area contributed by atoms with E-state index in [2.05, 4.69) is 24.3 Å². The van der Waals surface area contributed by atoms with Gasteiger partial charge in [0.15, 0.2) is 0 Å². The van der Waals surface area contributed by atoms with Gasteiger partial charge in [0.25, 0.3) is 0 Å². The number of hydrogen-bond acceptors (Lipinski definition) is 4. The number of aldehydes is 2. The molecule has 31 heavy (non-hydrogen) atoms. The quantitative estimate of drug-likeness (QED) is 0.317. The van der Waals surface area contributed by atoms with Gasteiger partial charge in [-0.15, -0.1) is 0 Å². The highest BCUT2D eigenvalue weighted by atomic mass is 16.7. The van der Waals surface area contributed by atoms with Crippen molar-refractivity contribution in [1.82, 2.24) is 0 Å². The Balaban J connectivity index is 1.79. The third-order valence-corrected chi connectivity index (χ3v) is 5.42. The lowest BCUT2D eigenvalue weighted by molar-refractivity contribution is -0.104. The van der Waals surface area contributed by atoms with Crippen LogP contribution in [0.5, 0.6) is 11.5 Å². The number of ether oxygens (including phenoxy) is 2. The average Bonchev–Trinajstić information content (AvgIpc) is 3.00. The van der Waals surface area contributed by atoms with E-state index in [9.17, 15) is 9.59 Å². The molecule has 0 spiro atoms. The van der Waals surface area contributed by atoms with Crippen molar-refractivity contribution in [3.63, 3.8) is 0 Å². The third kappa shape index (κ3) is 3.38. The van der Waals surface area contributed by atoms with Gasteiger partial charge in [-0.1, -0.05) is 48.6 Å². The smallest absolute Gasteiger partial charge is 0.230 e. The lowest BCUT2D eigenvalue weighted by Crippen LogP contribution is -2.03. The van der Waals surface area contributed by atoms with Gasteiger partial charge in [0.2, 0.25) is 6.79 Å². The summed E-state index contributed by atoms with van der Waals surface area (Å²) in [5, 5.41) is 4.19. The van der Waals surface area contributed by atoms with Gasteiger partial charge in [-0.3, -0.25) is 9.59 Å². The summed E-state index contributed by atoms with van der Waals surface area (Å²) < 4.78 is 11.9. The lowest BCUT2D eigenvalue weighted by atomic mass is 9.91. The second kappa shape index (κ2) is 7.92. The Hall–Kier alpha value is -4.18. The second-order valence-corrected chi connectivity index (χ2v) is 7.24. The van der Waals surface area contributed by atoms with E-state index in [1.54, 1.807) is 12.2 Å². The minimum absolute atomic E-state index is 0.136. The van der Waals surface area contributed by atoms with Crippen molar-refractivity contribution in [2.24, 2.45) is 0 Å². The van der Waals surface area contributed by atoms with Crippen molar-refractivity contribution in [1.29, 1.82) is 0 Å². The Bertz CT molecular complexity index is 1290. The fourth-order valence-corrected chi connectivity index (χ4v) is 4.08. The Labute approximate surface area is 179 Å². The van der Waals surface area contributed by atoms with E-state index in [4.69, 9.17) is 9.47 Å². The van der Waals surface area contributed by atoms with Gasteiger partial charge < -0.3 is 9.47 Å². The van der Waals surface area contributed by atoms with Crippen molar-refractivity contribution >= 4 is 46.3 Å². The highest BCUT2D eigenvalue weighted by Gasteiger charge is 2.21. The van der Waals surface area contributed by atoms with Crippen LogP contribution >= 0.6 is 0 Å². The summed E-state index contributed by atoms with van der Waals surface area (Å²) in [6.45, 7) is 0.136. The summed E-state index contributed by atoms with van der Waals surface area (Å²) in [5.74, 6) is 1.53. The van der Waals surface area contributed by atoms with Crippen LogP contribution in [-0.2, 0) is 9.59 Å². The minimum Gasteiger partial charge on any atom is -0.457 e. The molecular formula is C27H18O4. The van der Waals surface area contributed by atoms with E-state index in [1.807, 2.05) is 36.4 Å². The van der Waals surface area contributed by atoms with E-state index >= 15 is 0 Å². The van der Waals surface area contributed by atoms with Crippen LogP contribution in [0.3, 0.4) is 0 Å². The van der Waals surface area contributed by atoms with Crippen LogP contribution in [0.15, 0.2) is 72.8 Å². The molecule has 0 aliphatic carbocycles. The zero-order valence-electron chi connectivity index (χ0n) is 16.6. The Morgan fingerprint density at radius 1 is 0.613 bits per heavy atom. The van der Waals surface area contributed by atoms with E-state index in [0.29, 0.717) is 0 Å². The number of fused-ring (bicyclic) bond motifs is 7. The van der Waals surface area contributed by atoms with Gasteiger partial charge in [-0.25, -0.2) is 0 Å². The number of carbonyl (C=O) groups excluding carboxylic acids is 2. The molecule has 4 aromatic carbocycles.